The molecule has 0 saturated carbocycles. The largest absolute Gasteiger partial charge is 0.421 e. The number of aromatic nitrogens is 3. The monoisotopic (exact) mass is 272 g/mol. The summed E-state index contributed by atoms with van der Waals surface area (Å²) in [6, 6.07) is 3.12. The molecule has 0 unspecified atom stereocenters. The minimum Gasteiger partial charge on any atom is -0.421 e. The van der Waals surface area contributed by atoms with E-state index in [1.165, 1.54) is 4.68 Å². The van der Waals surface area contributed by atoms with Crippen LogP contribution in [0.4, 0.5) is 19.0 Å². The van der Waals surface area contributed by atoms with Crippen LogP contribution in [-0.4, -0.2) is 14.8 Å². The van der Waals surface area contributed by atoms with Crippen molar-refractivity contribution < 1.29 is 17.9 Å². The second-order valence-electron chi connectivity index (χ2n) is 3.97. The molecule has 0 bridgehead atoms. The van der Waals surface area contributed by atoms with Gasteiger partial charge in [0.2, 0.25) is 11.8 Å². The molecule has 0 saturated heterocycles. The van der Waals surface area contributed by atoms with Gasteiger partial charge in [0.05, 0.1) is 11.3 Å². The van der Waals surface area contributed by atoms with Crippen molar-refractivity contribution in [1.29, 1.82) is 0 Å². The maximum atomic E-state index is 12.6. The number of anilines is 1. The molecular weight excluding hydrogens is 261 g/mol. The van der Waals surface area contributed by atoms with Crippen molar-refractivity contribution in [2.75, 3.05) is 5.73 Å². The van der Waals surface area contributed by atoms with Crippen LogP contribution in [-0.2, 0) is 13.2 Å². The molecule has 0 aliphatic heterocycles. The summed E-state index contributed by atoms with van der Waals surface area (Å²) in [7, 11) is 1.61. The van der Waals surface area contributed by atoms with Gasteiger partial charge >= 0.3 is 6.18 Å². The van der Waals surface area contributed by atoms with Gasteiger partial charge in [-0.25, -0.2) is 4.68 Å². The third-order valence-corrected chi connectivity index (χ3v) is 2.32. The zero-order chi connectivity index (χ0) is 14.2. The van der Waals surface area contributed by atoms with E-state index in [9.17, 15) is 13.2 Å². The molecule has 2 heterocycles. The summed E-state index contributed by atoms with van der Waals surface area (Å²) < 4.78 is 44.5. The SMILES string of the molecule is Cc1cc(Oc2cc(C(F)(F)F)cc(N)n2)n(C)n1. The number of halogens is 3. The third-order valence-electron chi connectivity index (χ3n) is 2.32. The Morgan fingerprint density at radius 3 is 2.47 bits per heavy atom. The van der Waals surface area contributed by atoms with Crippen LogP contribution < -0.4 is 10.5 Å². The Labute approximate surface area is 106 Å². The van der Waals surface area contributed by atoms with E-state index in [0.29, 0.717) is 5.69 Å². The van der Waals surface area contributed by atoms with E-state index in [2.05, 4.69) is 10.1 Å². The van der Waals surface area contributed by atoms with Crippen LogP contribution in [0.2, 0.25) is 0 Å². The summed E-state index contributed by atoms with van der Waals surface area (Å²) in [5, 5.41) is 4.01. The number of alkyl halides is 3. The van der Waals surface area contributed by atoms with Crippen LogP contribution in [0.5, 0.6) is 11.8 Å². The standard InChI is InChI=1S/C11H11F3N4O/c1-6-3-10(18(2)17-6)19-9-5-7(11(12,13)14)4-8(15)16-9/h3-5H,1-2H3,(H2,15,16). The number of hydrogen-bond donors (Lipinski definition) is 1. The lowest BCUT2D eigenvalue weighted by atomic mass is 10.2. The lowest BCUT2D eigenvalue weighted by Crippen LogP contribution is -2.07. The molecule has 2 aromatic rings. The number of nitrogens with zero attached hydrogens (tertiary/aromatic N) is 3. The fourth-order valence-electron chi connectivity index (χ4n) is 1.53. The Morgan fingerprint density at radius 1 is 1.26 bits per heavy atom. The molecule has 0 atom stereocenters. The van der Waals surface area contributed by atoms with Gasteiger partial charge in [-0.15, -0.1) is 0 Å². The molecule has 2 aromatic heterocycles. The topological polar surface area (TPSA) is 66.0 Å². The summed E-state index contributed by atoms with van der Waals surface area (Å²) in [6.45, 7) is 1.74. The van der Waals surface area contributed by atoms with Crippen LogP contribution >= 0.6 is 0 Å². The molecule has 5 nitrogen and oxygen atoms in total. The van der Waals surface area contributed by atoms with E-state index < -0.39 is 11.7 Å². The first-order valence-electron chi connectivity index (χ1n) is 5.29. The van der Waals surface area contributed by atoms with Crippen molar-refractivity contribution >= 4 is 5.82 Å². The number of aryl methyl sites for hydroxylation is 2. The smallest absolute Gasteiger partial charge is 0.416 e. The van der Waals surface area contributed by atoms with Gasteiger partial charge in [0.1, 0.15) is 5.82 Å². The van der Waals surface area contributed by atoms with Crippen LogP contribution in [0.3, 0.4) is 0 Å². The lowest BCUT2D eigenvalue weighted by molar-refractivity contribution is -0.137. The number of nitrogens with two attached hydrogens (primary N) is 1. The zero-order valence-corrected chi connectivity index (χ0v) is 10.2. The zero-order valence-electron chi connectivity index (χ0n) is 10.2. The molecule has 8 heteroatoms. The first kappa shape index (κ1) is 13.2. The maximum Gasteiger partial charge on any atom is 0.416 e. The summed E-state index contributed by atoms with van der Waals surface area (Å²) in [5.74, 6) is -0.206. The minimum absolute atomic E-state index is 0.227. The average Bonchev–Trinajstić information content (AvgIpc) is 2.55. The van der Waals surface area contributed by atoms with Crippen molar-refractivity contribution in [3.8, 4) is 11.8 Å². The highest BCUT2D eigenvalue weighted by atomic mass is 19.4. The quantitative estimate of drug-likeness (QED) is 0.912. The lowest BCUT2D eigenvalue weighted by Gasteiger charge is -2.10. The van der Waals surface area contributed by atoms with Gasteiger partial charge in [-0.2, -0.15) is 23.3 Å². The first-order chi connectivity index (χ1) is 8.75. The molecule has 0 aromatic carbocycles. The summed E-state index contributed by atoms with van der Waals surface area (Å²) in [4.78, 5) is 3.71. The maximum absolute atomic E-state index is 12.6. The van der Waals surface area contributed by atoms with Gasteiger partial charge in [0, 0.05) is 19.2 Å². The Balaban J connectivity index is 2.35. The summed E-state index contributed by atoms with van der Waals surface area (Å²) in [5.41, 5.74) is 5.11. The summed E-state index contributed by atoms with van der Waals surface area (Å²) >= 11 is 0. The fourth-order valence-corrected chi connectivity index (χ4v) is 1.53. The Morgan fingerprint density at radius 2 is 1.95 bits per heavy atom. The first-order valence-corrected chi connectivity index (χ1v) is 5.29. The highest BCUT2D eigenvalue weighted by molar-refractivity contribution is 5.39. The molecule has 0 radical (unpaired) electrons. The fraction of sp³-hybridized carbons (Fsp3) is 0.273. The Bertz CT molecular complexity index is 606. The van der Waals surface area contributed by atoms with Crippen LogP contribution in [0.25, 0.3) is 0 Å². The molecule has 0 amide bonds. The number of ether oxygens (including phenoxy) is 1. The highest BCUT2D eigenvalue weighted by Crippen LogP contribution is 2.33. The van der Waals surface area contributed by atoms with E-state index in [1.807, 2.05) is 0 Å². The van der Waals surface area contributed by atoms with E-state index in [4.69, 9.17) is 10.5 Å². The Kier molecular flexibility index (Phi) is 3.09. The molecule has 0 aliphatic carbocycles. The van der Waals surface area contributed by atoms with Gasteiger partial charge in [0.25, 0.3) is 0 Å². The number of pyridine rings is 1. The second kappa shape index (κ2) is 4.45. The molecule has 0 aliphatic rings. The van der Waals surface area contributed by atoms with Crippen molar-refractivity contribution in [3.63, 3.8) is 0 Å². The van der Waals surface area contributed by atoms with Gasteiger partial charge in [-0.05, 0) is 13.0 Å². The van der Waals surface area contributed by atoms with E-state index >= 15 is 0 Å². The Hall–Kier alpha value is -2.25. The molecule has 19 heavy (non-hydrogen) atoms. The molecule has 2 rings (SSSR count). The number of rotatable bonds is 2. The van der Waals surface area contributed by atoms with Gasteiger partial charge < -0.3 is 10.5 Å². The van der Waals surface area contributed by atoms with Crippen molar-refractivity contribution in [2.24, 2.45) is 7.05 Å². The van der Waals surface area contributed by atoms with E-state index in [-0.39, 0.29) is 17.6 Å². The molecule has 2 N–H and O–H groups in total. The number of nitrogen functional groups attached to an aromatic ring is 1. The van der Waals surface area contributed by atoms with Crippen LogP contribution in [0.15, 0.2) is 18.2 Å². The van der Waals surface area contributed by atoms with E-state index in [1.54, 1.807) is 20.0 Å². The molecule has 0 fully saturated rings. The van der Waals surface area contributed by atoms with Crippen molar-refractivity contribution in [2.45, 2.75) is 13.1 Å². The van der Waals surface area contributed by atoms with Crippen LogP contribution in [0.1, 0.15) is 11.3 Å². The number of hydrogen-bond acceptors (Lipinski definition) is 4. The predicted molar refractivity (Wildman–Crippen MR) is 61.7 cm³/mol. The second-order valence-corrected chi connectivity index (χ2v) is 3.97. The molecule has 102 valence electrons. The minimum atomic E-state index is -4.50. The average molecular weight is 272 g/mol. The van der Waals surface area contributed by atoms with Gasteiger partial charge in [0.15, 0.2) is 0 Å². The summed E-state index contributed by atoms with van der Waals surface area (Å²) in [6.07, 6.45) is -4.50. The molecule has 0 spiro atoms. The van der Waals surface area contributed by atoms with Gasteiger partial charge in [-0.1, -0.05) is 0 Å². The van der Waals surface area contributed by atoms with Crippen molar-refractivity contribution in [1.82, 2.24) is 14.8 Å². The third kappa shape index (κ3) is 2.95. The van der Waals surface area contributed by atoms with E-state index in [0.717, 1.165) is 12.1 Å². The van der Waals surface area contributed by atoms with Gasteiger partial charge in [-0.3, -0.25) is 0 Å². The normalized spacial score (nSPS) is 11.6. The molecular formula is C11H11F3N4O. The van der Waals surface area contributed by atoms with Crippen LogP contribution in [0, 0.1) is 6.92 Å². The highest BCUT2D eigenvalue weighted by Gasteiger charge is 2.31. The predicted octanol–water partition coefficient (Wildman–Crippen LogP) is 2.52. The van der Waals surface area contributed by atoms with Crippen molar-refractivity contribution in [3.05, 3.63) is 29.5 Å².